The molecule has 0 atom stereocenters. The van der Waals surface area contributed by atoms with Gasteiger partial charge < -0.3 is 14.5 Å². The van der Waals surface area contributed by atoms with Gasteiger partial charge in [0, 0.05) is 44.8 Å². The number of anilines is 6. The van der Waals surface area contributed by atoms with Crippen LogP contribution in [0.3, 0.4) is 0 Å². The molecule has 2 aliphatic heterocycles. The van der Waals surface area contributed by atoms with Gasteiger partial charge >= 0.3 is 0 Å². The SMILES string of the molecule is CC(C)(C)c1ccc(N(c2ccc3c(c2)C(C)(C)c2ccccc2-3)c2cc(N3c4ccc(C(C)(C)C)cc4B4c5cc(C(C)(C)C)ccc5Oc5cccc3c54)c3c(c2)C(C)(C)c2ccccc2-3)cc1. The smallest absolute Gasteiger partial charge is 0.256 e. The summed E-state index contributed by atoms with van der Waals surface area (Å²) < 4.78 is 7.02. The topological polar surface area (TPSA) is 15.7 Å². The Bertz CT molecular complexity index is 3480. The Kier molecular flexibility index (Phi) is 9.44. The van der Waals surface area contributed by atoms with Gasteiger partial charge in [0.25, 0.3) is 6.71 Å². The minimum Gasteiger partial charge on any atom is -0.458 e. The molecule has 3 nitrogen and oxygen atoms in total. The zero-order chi connectivity index (χ0) is 49.0. The molecule has 70 heavy (non-hydrogen) atoms. The molecule has 348 valence electrons. The highest BCUT2D eigenvalue weighted by Gasteiger charge is 2.46. The number of hydrogen-bond acceptors (Lipinski definition) is 3. The maximum atomic E-state index is 7.02. The number of nitrogens with zero attached hydrogens (tertiary/aromatic N) is 2. The number of rotatable bonds is 4. The molecule has 8 aromatic rings. The molecular formula is C66H65BN2O. The summed E-state index contributed by atoms with van der Waals surface area (Å²) in [7, 11) is 0. The second-order valence-electron chi connectivity index (χ2n) is 24.7. The zero-order valence-electron chi connectivity index (χ0n) is 43.4. The average Bonchev–Trinajstić information content (AvgIpc) is 3.69. The highest BCUT2D eigenvalue weighted by Crippen LogP contribution is 2.58. The molecule has 0 saturated heterocycles. The fourth-order valence-corrected chi connectivity index (χ4v) is 12.4. The minimum atomic E-state index is -0.279. The van der Waals surface area contributed by atoms with Crippen LogP contribution in [0.4, 0.5) is 34.1 Å². The molecule has 12 rings (SSSR count). The maximum absolute atomic E-state index is 7.02. The molecule has 4 heteroatoms. The van der Waals surface area contributed by atoms with Crippen LogP contribution < -0.4 is 30.9 Å². The molecule has 0 radical (unpaired) electrons. The first-order valence-corrected chi connectivity index (χ1v) is 25.5. The van der Waals surface area contributed by atoms with Crippen molar-refractivity contribution < 1.29 is 4.74 Å². The van der Waals surface area contributed by atoms with E-state index in [9.17, 15) is 0 Å². The first-order chi connectivity index (χ1) is 33.1. The molecule has 0 amide bonds. The van der Waals surface area contributed by atoms with E-state index >= 15 is 0 Å². The fraction of sp³-hybridized carbons (Fsp3) is 0.273. The number of fused-ring (bicyclic) bond motifs is 10. The minimum absolute atomic E-state index is 0.0116. The number of ether oxygens (including phenoxy) is 1. The van der Waals surface area contributed by atoms with Gasteiger partial charge in [-0.15, -0.1) is 0 Å². The number of benzene rings is 8. The maximum Gasteiger partial charge on any atom is 0.256 e. The van der Waals surface area contributed by atoms with Crippen molar-refractivity contribution in [2.75, 3.05) is 9.80 Å². The van der Waals surface area contributed by atoms with Crippen LogP contribution in [-0.4, -0.2) is 6.71 Å². The molecule has 0 aromatic heterocycles. The Morgan fingerprint density at radius 1 is 0.414 bits per heavy atom. The third-order valence-electron chi connectivity index (χ3n) is 16.4. The summed E-state index contributed by atoms with van der Waals surface area (Å²) in [5.41, 5.74) is 24.8. The largest absolute Gasteiger partial charge is 0.458 e. The molecule has 4 aliphatic rings. The Hall–Kier alpha value is -6.78. The second kappa shape index (κ2) is 14.9. The summed E-state index contributed by atoms with van der Waals surface area (Å²) in [5.74, 6) is 1.86. The van der Waals surface area contributed by atoms with E-state index < -0.39 is 0 Å². The van der Waals surface area contributed by atoms with Gasteiger partial charge in [0.1, 0.15) is 11.5 Å². The lowest BCUT2D eigenvalue weighted by Crippen LogP contribution is -2.59. The Morgan fingerprint density at radius 3 is 1.66 bits per heavy atom. The van der Waals surface area contributed by atoms with Crippen LogP contribution in [0.1, 0.15) is 129 Å². The van der Waals surface area contributed by atoms with E-state index in [4.69, 9.17) is 4.74 Å². The van der Waals surface area contributed by atoms with Crippen molar-refractivity contribution in [1.29, 1.82) is 0 Å². The van der Waals surface area contributed by atoms with Gasteiger partial charge in [-0.1, -0.05) is 187 Å². The van der Waals surface area contributed by atoms with Gasteiger partial charge in [0.15, 0.2) is 0 Å². The van der Waals surface area contributed by atoms with Crippen LogP contribution >= 0.6 is 0 Å². The van der Waals surface area contributed by atoms with E-state index in [1.807, 2.05) is 0 Å². The summed E-state index contributed by atoms with van der Waals surface area (Å²) in [6.45, 7) is 30.4. The molecule has 0 unspecified atom stereocenters. The molecular weight excluding hydrogens is 848 g/mol. The molecule has 0 fully saturated rings. The third kappa shape index (κ3) is 6.54. The van der Waals surface area contributed by atoms with E-state index in [0.717, 1.165) is 34.2 Å². The summed E-state index contributed by atoms with van der Waals surface area (Å²) in [6, 6.07) is 60.5. The van der Waals surface area contributed by atoms with Gasteiger partial charge in [-0.05, 0) is 149 Å². The predicted molar refractivity (Wildman–Crippen MR) is 298 cm³/mol. The highest BCUT2D eigenvalue weighted by atomic mass is 16.5. The monoisotopic (exact) mass is 913 g/mol. The summed E-state index contributed by atoms with van der Waals surface area (Å²) >= 11 is 0. The van der Waals surface area contributed by atoms with Crippen LogP contribution in [0.25, 0.3) is 22.3 Å². The normalized spacial score (nSPS) is 15.5. The van der Waals surface area contributed by atoms with Crippen molar-refractivity contribution in [1.82, 2.24) is 0 Å². The first kappa shape index (κ1) is 44.4. The fourth-order valence-electron chi connectivity index (χ4n) is 12.4. The van der Waals surface area contributed by atoms with Crippen LogP contribution in [0.2, 0.25) is 0 Å². The van der Waals surface area contributed by atoms with Gasteiger partial charge in [0.05, 0.1) is 5.69 Å². The third-order valence-corrected chi connectivity index (χ3v) is 16.4. The molecule has 2 aliphatic carbocycles. The van der Waals surface area contributed by atoms with E-state index in [1.54, 1.807) is 0 Å². The lowest BCUT2D eigenvalue weighted by molar-refractivity contribution is 0.486. The Morgan fingerprint density at radius 2 is 0.971 bits per heavy atom. The quantitative estimate of drug-likeness (QED) is 0.164. The first-order valence-electron chi connectivity index (χ1n) is 25.5. The van der Waals surface area contributed by atoms with Crippen molar-refractivity contribution in [3.05, 3.63) is 197 Å². The summed E-state index contributed by atoms with van der Waals surface area (Å²) in [6.07, 6.45) is 0. The molecule has 0 bridgehead atoms. The molecule has 2 heterocycles. The standard InChI is InChI=1S/C66H65BN2O/c1-62(2,3)40-25-29-43(30-26-40)68(44-31-32-47-46-19-14-16-21-49(46)65(10,11)51(47)37-44)45-38-52-60(48-20-15-17-22-50(48)66(52,12)13)57(39-45)69-55-33-27-41(63(4,5)6)35-53(55)67-54-36-42(64(7,8)9)28-34-58(54)70-59-24-18-23-56(69)61(59)67/h14-39H,1-13H3. The summed E-state index contributed by atoms with van der Waals surface area (Å²) in [4.78, 5) is 5.13. The molecule has 0 N–H and O–H groups in total. The van der Waals surface area contributed by atoms with Crippen molar-refractivity contribution >= 4 is 57.2 Å². The van der Waals surface area contributed by atoms with Crippen molar-refractivity contribution in [3.8, 4) is 33.8 Å². The van der Waals surface area contributed by atoms with Gasteiger partial charge in [-0.3, -0.25) is 0 Å². The summed E-state index contributed by atoms with van der Waals surface area (Å²) in [5, 5.41) is 0. The molecule has 8 aromatic carbocycles. The molecule has 0 saturated carbocycles. The van der Waals surface area contributed by atoms with Crippen molar-refractivity contribution in [2.24, 2.45) is 0 Å². The van der Waals surface area contributed by atoms with Gasteiger partial charge in [-0.2, -0.15) is 0 Å². The van der Waals surface area contributed by atoms with Gasteiger partial charge in [0.2, 0.25) is 0 Å². The van der Waals surface area contributed by atoms with Crippen LogP contribution in [0.5, 0.6) is 11.5 Å². The van der Waals surface area contributed by atoms with E-state index in [1.165, 1.54) is 89.0 Å². The lowest BCUT2D eigenvalue weighted by atomic mass is 9.34. The highest BCUT2D eigenvalue weighted by molar-refractivity contribution is 6.99. The van der Waals surface area contributed by atoms with Crippen LogP contribution in [0.15, 0.2) is 158 Å². The average molecular weight is 913 g/mol. The predicted octanol–water partition coefficient (Wildman–Crippen LogP) is 16.1. The van der Waals surface area contributed by atoms with Crippen LogP contribution in [0, 0.1) is 0 Å². The van der Waals surface area contributed by atoms with Gasteiger partial charge in [-0.25, -0.2) is 0 Å². The van der Waals surface area contributed by atoms with Crippen molar-refractivity contribution in [3.63, 3.8) is 0 Å². The van der Waals surface area contributed by atoms with E-state index in [0.29, 0.717) is 0 Å². The van der Waals surface area contributed by atoms with E-state index in [2.05, 4.69) is 258 Å². The number of hydrogen-bond donors (Lipinski definition) is 0. The van der Waals surface area contributed by atoms with Crippen LogP contribution in [-0.2, 0) is 27.1 Å². The zero-order valence-corrected chi connectivity index (χ0v) is 43.4. The Labute approximate surface area is 417 Å². The Balaban J connectivity index is 1.16. The lowest BCUT2D eigenvalue weighted by Gasteiger charge is -2.42. The van der Waals surface area contributed by atoms with E-state index in [-0.39, 0.29) is 33.8 Å². The van der Waals surface area contributed by atoms with Crippen molar-refractivity contribution in [2.45, 2.75) is 117 Å². The second-order valence-corrected chi connectivity index (χ2v) is 24.7. The molecule has 0 spiro atoms.